The number of amides is 3. The monoisotopic (exact) mass is 563 g/mol. The zero-order chi connectivity index (χ0) is 28.8. The Morgan fingerprint density at radius 2 is 1.87 bits per heavy atom. The maximum absolute atomic E-state index is 12.4. The number of carbonyl (C=O) groups excluding carboxylic acids is 3. The van der Waals surface area contributed by atoms with Crippen molar-refractivity contribution in [3.8, 4) is 0 Å². The number of nitrogens with two attached hydrogens (primary N) is 1. The summed E-state index contributed by atoms with van der Waals surface area (Å²) < 4.78 is 32.1. The van der Waals surface area contributed by atoms with Gasteiger partial charge in [-0.15, -0.1) is 0 Å². The third kappa shape index (κ3) is 11.7. The lowest BCUT2D eigenvalue weighted by atomic mass is 10.0. The molecule has 0 saturated heterocycles. The summed E-state index contributed by atoms with van der Waals surface area (Å²) in [5.41, 5.74) is 13.9. The van der Waals surface area contributed by atoms with Gasteiger partial charge in [0.15, 0.2) is 0 Å². The molecule has 214 valence electrons. The van der Waals surface area contributed by atoms with E-state index >= 15 is 0 Å². The van der Waals surface area contributed by atoms with Crippen LogP contribution in [0.15, 0.2) is 57.8 Å². The van der Waals surface area contributed by atoms with Crippen molar-refractivity contribution in [1.29, 1.82) is 0 Å². The number of nitrogens with one attached hydrogen (secondary N) is 5. The molecule has 1 aliphatic rings. The molecule has 1 unspecified atom stereocenters. The topological polar surface area (TPSA) is 204 Å². The van der Waals surface area contributed by atoms with Gasteiger partial charge in [-0.3, -0.25) is 35.2 Å². The quantitative estimate of drug-likeness (QED) is 0.0724. The molecule has 0 fully saturated rings. The highest BCUT2D eigenvalue weighted by Crippen LogP contribution is 2.13. The van der Waals surface area contributed by atoms with Crippen LogP contribution in [-0.4, -0.2) is 56.0 Å². The van der Waals surface area contributed by atoms with Crippen LogP contribution in [0.25, 0.3) is 0 Å². The van der Waals surface area contributed by atoms with Crippen molar-refractivity contribution < 1.29 is 27.4 Å². The van der Waals surface area contributed by atoms with E-state index in [2.05, 4.69) is 32.0 Å². The molecule has 1 atom stereocenters. The molecule has 2 rings (SSSR count). The number of hydrogen-bond donors (Lipinski definition) is 7. The third-order valence-corrected chi connectivity index (χ3v) is 6.48. The molecule has 0 spiro atoms. The number of benzene rings is 1. The lowest BCUT2D eigenvalue weighted by Crippen LogP contribution is -2.49. The number of allylic oxidation sites excluding steroid dienone is 2. The number of hydrazine groups is 1. The van der Waals surface area contributed by atoms with Crippen LogP contribution < -0.4 is 32.6 Å². The molecule has 14 heteroatoms. The van der Waals surface area contributed by atoms with Crippen LogP contribution in [0.2, 0.25) is 0 Å². The molecule has 0 saturated carbocycles. The molecule has 0 bridgehead atoms. The molecule has 1 aromatic rings. The van der Waals surface area contributed by atoms with Crippen molar-refractivity contribution in [2.45, 2.75) is 56.9 Å². The Morgan fingerprint density at radius 1 is 1.13 bits per heavy atom. The number of rotatable bonds is 14. The largest absolute Gasteiger partial charge is 0.366 e. The van der Waals surface area contributed by atoms with Gasteiger partial charge in [-0.1, -0.05) is 38.5 Å². The third-order valence-electron chi connectivity index (χ3n) is 5.55. The lowest BCUT2D eigenvalue weighted by Gasteiger charge is -2.16. The van der Waals surface area contributed by atoms with Crippen molar-refractivity contribution in [2.24, 2.45) is 16.8 Å². The number of nitrogens with zero attached hydrogens (tertiary/aromatic N) is 1. The minimum atomic E-state index is -4.37. The number of dihydropyridines is 1. The van der Waals surface area contributed by atoms with Gasteiger partial charge in [0.05, 0.1) is 12.3 Å². The highest BCUT2D eigenvalue weighted by molar-refractivity contribution is 7.86. The summed E-state index contributed by atoms with van der Waals surface area (Å²) in [6.45, 7) is 4.63. The summed E-state index contributed by atoms with van der Waals surface area (Å²) >= 11 is 0. The summed E-state index contributed by atoms with van der Waals surface area (Å²) in [7, 11) is -4.37. The first kappa shape index (κ1) is 31.5. The van der Waals surface area contributed by atoms with E-state index in [9.17, 15) is 27.4 Å². The van der Waals surface area contributed by atoms with Crippen LogP contribution in [0.4, 0.5) is 0 Å². The summed E-state index contributed by atoms with van der Waals surface area (Å²) in [6, 6.07) is 5.21. The maximum Gasteiger partial charge on any atom is 0.295 e. The van der Waals surface area contributed by atoms with Gasteiger partial charge in [-0.2, -0.15) is 13.5 Å². The first-order chi connectivity index (χ1) is 18.5. The summed E-state index contributed by atoms with van der Waals surface area (Å²) in [5.74, 6) is -0.161. The molecule has 1 heterocycles. The lowest BCUT2D eigenvalue weighted by molar-refractivity contribution is -0.129. The summed E-state index contributed by atoms with van der Waals surface area (Å²) in [6.07, 6.45) is 7.31. The van der Waals surface area contributed by atoms with Crippen LogP contribution in [0, 0.1) is 5.92 Å². The fourth-order valence-corrected chi connectivity index (χ4v) is 4.19. The molecular weight excluding hydrogens is 526 g/mol. The van der Waals surface area contributed by atoms with Gasteiger partial charge in [0.25, 0.3) is 16.0 Å². The predicted molar refractivity (Wildman–Crippen MR) is 146 cm³/mol. The van der Waals surface area contributed by atoms with Crippen molar-refractivity contribution in [3.63, 3.8) is 0 Å². The standard InChI is InChI=1S/C25H37N7O6S/c1-17(2)14-20(26)25(35)32-31-23(33)10-4-3-7-13-27-24(34)19-11-12-22(28-15-19)30-29-16-18-8-5-6-9-21(18)39(36,37)38/h5-6,8-9,11-12,16-17,20,28,30H,3-4,7,10,13-15,26H2,1-2H3,(H,27,34)(H,31,33)(H,32,35)(H,36,37,38). The summed E-state index contributed by atoms with van der Waals surface area (Å²) in [4.78, 5) is 35.8. The molecular formula is C25H37N7O6S. The molecule has 3 amide bonds. The van der Waals surface area contributed by atoms with E-state index in [0.29, 0.717) is 37.2 Å². The van der Waals surface area contributed by atoms with Gasteiger partial charge in [0.2, 0.25) is 11.8 Å². The normalized spacial score (nSPS) is 14.2. The maximum atomic E-state index is 12.4. The highest BCUT2D eigenvalue weighted by atomic mass is 32.2. The van der Waals surface area contributed by atoms with Crippen molar-refractivity contribution >= 4 is 34.1 Å². The zero-order valence-electron chi connectivity index (χ0n) is 22.1. The van der Waals surface area contributed by atoms with Crippen LogP contribution >= 0.6 is 0 Å². The zero-order valence-corrected chi connectivity index (χ0v) is 22.9. The average Bonchev–Trinajstić information content (AvgIpc) is 2.88. The van der Waals surface area contributed by atoms with Crippen LogP contribution in [-0.2, 0) is 24.5 Å². The molecule has 39 heavy (non-hydrogen) atoms. The number of hydrogen-bond acceptors (Lipinski definition) is 9. The highest BCUT2D eigenvalue weighted by Gasteiger charge is 2.16. The Morgan fingerprint density at radius 3 is 2.54 bits per heavy atom. The van der Waals surface area contributed by atoms with Gasteiger partial charge >= 0.3 is 0 Å². The second-order valence-electron chi connectivity index (χ2n) is 9.35. The van der Waals surface area contributed by atoms with E-state index in [1.807, 2.05) is 13.8 Å². The fourth-order valence-electron chi connectivity index (χ4n) is 3.52. The molecule has 1 aromatic carbocycles. The Hall–Kier alpha value is -3.75. The minimum absolute atomic E-state index is 0.216. The van der Waals surface area contributed by atoms with Gasteiger partial charge in [-0.25, -0.2) is 0 Å². The Labute approximate surface area is 228 Å². The van der Waals surface area contributed by atoms with Crippen LogP contribution in [0.5, 0.6) is 0 Å². The number of unbranched alkanes of at least 4 members (excludes halogenated alkanes) is 2. The minimum Gasteiger partial charge on any atom is -0.366 e. The van der Waals surface area contributed by atoms with Crippen molar-refractivity contribution in [2.75, 3.05) is 13.1 Å². The predicted octanol–water partition coefficient (Wildman–Crippen LogP) is 0.425. The second-order valence-corrected chi connectivity index (χ2v) is 10.7. The second kappa shape index (κ2) is 15.6. The van der Waals surface area contributed by atoms with Gasteiger partial charge < -0.3 is 16.4 Å². The first-order valence-electron chi connectivity index (χ1n) is 12.6. The fraction of sp³-hybridized carbons (Fsp3) is 0.440. The molecule has 13 nitrogen and oxygen atoms in total. The molecule has 0 aromatic heterocycles. The van der Waals surface area contributed by atoms with E-state index in [-0.39, 0.29) is 41.2 Å². The number of hydrazone groups is 1. The molecule has 0 radical (unpaired) electrons. The molecule has 1 aliphatic heterocycles. The van der Waals surface area contributed by atoms with Gasteiger partial charge in [0, 0.05) is 30.6 Å². The average molecular weight is 564 g/mol. The molecule has 8 N–H and O–H groups in total. The van der Waals surface area contributed by atoms with E-state index < -0.39 is 22.1 Å². The van der Waals surface area contributed by atoms with Crippen LogP contribution in [0.3, 0.4) is 0 Å². The Balaban J connectivity index is 1.65. The Kier molecular flexibility index (Phi) is 12.6. The molecule has 0 aliphatic carbocycles. The summed E-state index contributed by atoms with van der Waals surface area (Å²) in [5, 5.41) is 9.80. The van der Waals surface area contributed by atoms with Crippen LogP contribution in [0.1, 0.15) is 51.5 Å². The van der Waals surface area contributed by atoms with E-state index in [1.165, 1.54) is 24.4 Å². The van der Waals surface area contributed by atoms with E-state index in [4.69, 9.17) is 5.73 Å². The van der Waals surface area contributed by atoms with E-state index in [1.54, 1.807) is 18.2 Å². The van der Waals surface area contributed by atoms with E-state index in [0.717, 1.165) is 6.42 Å². The first-order valence-corrected chi connectivity index (χ1v) is 14.0. The van der Waals surface area contributed by atoms with Gasteiger partial charge in [-0.05, 0) is 43.4 Å². The number of carbonyl (C=O) groups is 3. The van der Waals surface area contributed by atoms with Crippen molar-refractivity contribution in [3.05, 3.63) is 53.4 Å². The Bertz CT molecular complexity index is 1210. The SMILES string of the molecule is CC(C)CC(N)C(=O)NNC(=O)CCCCCNC(=O)C1=CC=C(NN=Cc2ccccc2S(=O)(=O)O)NC1. The van der Waals surface area contributed by atoms with Gasteiger partial charge in [0.1, 0.15) is 10.7 Å². The smallest absolute Gasteiger partial charge is 0.295 e. The van der Waals surface area contributed by atoms with Crippen molar-refractivity contribution in [1.82, 2.24) is 26.9 Å².